The van der Waals surface area contributed by atoms with Gasteiger partial charge in [-0.05, 0) is 54.7 Å². The summed E-state index contributed by atoms with van der Waals surface area (Å²) in [5, 5.41) is 12.4. The highest BCUT2D eigenvalue weighted by Crippen LogP contribution is 2.39. The van der Waals surface area contributed by atoms with Gasteiger partial charge in [0.2, 0.25) is 5.91 Å². The van der Waals surface area contributed by atoms with Gasteiger partial charge in [0, 0.05) is 32.7 Å². The first-order chi connectivity index (χ1) is 15.4. The van der Waals surface area contributed by atoms with Gasteiger partial charge < -0.3 is 10.4 Å². The van der Waals surface area contributed by atoms with Crippen LogP contribution >= 0.6 is 0 Å². The van der Waals surface area contributed by atoms with Gasteiger partial charge in [-0.25, -0.2) is 9.18 Å². The number of amides is 2. The maximum absolute atomic E-state index is 13.6. The number of carboxylic acid groups (broad SMARTS) is 1. The molecule has 2 aliphatic rings. The molecule has 1 aliphatic heterocycles. The minimum Gasteiger partial charge on any atom is -0.465 e. The van der Waals surface area contributed by atoms with Crippen LogP contribution in [0.15, 0.2) is 18.2 Å². The maximum Gasteiger partial charge on any atom is 0.419 e. The number of hydrogen-bond donors (Lipinski definition) is 2. The fourth-order valence-corrected chi connectivity index (χ4v) is 5.11. The van der Waals surface area contributed by atoms with Crippen molar-refractivity contribution < 1.29 is 32.3 Å². The van der Waals surface area contributed by atoms with Crippen LogP contribution in [0, 0.1) is 23.6 Å². The molecule has 184 valence electrons. The first kappa shape index (κ1) is 25.3. The van der Waals surface area contributed by atoms with Crippen LogP contribution in [0.1, 0.15) is 44.2 Å². The van der Waals surface area contributed by atoms with Crippen LogP contribution in [0.25, 0.3) is 0 Å². The zero-order valence-corrected chi connectivity index (χ0v) is 19.0. The number of nitrogens with one attached hydrogen (secondary N) is 1. The third kappa shape index (κ3) is 5.96. The van der Waals surface area contributed by atoms with E-state index in [2.05, 4.69) is 5.32 Å². The van der Waals surface area contributed by atoms with Crippen LogP contribution in [0.4, 0.5) is 22.4 Å². The van der Waals surface area contributed by atoms with Gasteiger partial charge in [0.25, 0.3) is 0 Å². The van der Waals surface area contributed by atoms with E-state index in [0.717, 1.165) is 29.9 Å². The van der Waals surface area contributed by atoms with Crippen LogP contribution in [0.5, 0.6) is 0 Å². The number of hydrogen-bond acceptors (Lipinski definition) is 3. The first-order valence-corrected chi connectivity index (χ1v) is 11.2. The molecule has 0 aromatic heterocycles. The van der Waals surface area contributed by atoms with Crippen molar-refractivity contribution in [2.24, 2.45) is 17.8 Å². The molecule has 33 heavy (non-hydrogen) atoms. The fraction of sp³-hybridized carbons (Fsp3) is 0.652. The number of nitrogens with zero attached hydrogens (tertiary/aromatic N) is 2. The van der Waals surface area contributed by atoms with Crippen molar-refractivity contribution >= 4 is 12.0 Å². The minimum absolute atomic E-state index is 0.108. The largest absolute Gasteiger partial charge is 0.465 e. The number of carbonyl (C=O) groups is 2. The SMILES string of the molecule is CC(C)CC(C(=O)NC1CC[C@H]2CN(Cc3ccc(F)c(C(F)(F)F)c3)CC12)N(C)C(=O)O. The predicted molar refractivity (Wildman–Crippen MR) is 114 cm³/mol. The summed E-state index contributed by atoms with van der Waals surface area (Å²) in [5.74, 6) is -1.01. The number of alkyl halides is 3. The molecule has 0 radical (unpaired) electrons. The zero-order chi connectivity index (χ0) is 24.5. The molecule has 2 fully saturated rings. The normalized spacial score (nSPS) is 24.1. The Balaban J connectivity index is 1.64. The molecule has 6 nitrogen and oxygen atoms in total. The molecule has 2 amide bonds. The number of fused-ring (bicyclic) bond motifs is 1. The summed E-state index contributed by atoms with van der Waals surface area (Å²) in [4.78, 5) is 27.4. The summed E-state index contributed by atoms with van der Waals surface area (Å²) in [6, 6.07) is 2.20. The molecule has 1 aromatic rings. The van der Waals surface area contributed by atoms with Crippen molar-refractivity contribution in [3.63, 3.8) is 0 Å². The quantitative estimate of drug-likeness (QED) is 0.583. The smallest absolute Gasteiger partial charge is 0.419 e. The summed E-state index contributed by atoms with van der Waals surface area (Å²) >= 11 is 0. The molecule has 1 heterocycles. The van der Waals surface area contributed by atoms with Crippen molar-refractivity contribution in [2.75, 3.05) is 20.1 Å². The second kappa shape index (κ2) is 9.87. The molecule has 3 rings (SSSR count). The lowest BCUT2D eigenvalue weighted by molar-refractivity contribution is -0.140. The monoisotopic (exact) mass is 473 g/mol. The molecule has 1 aliphatic carbocycles. The molecule has 1 aromatic carbocycles. The van der Waals surface area contributed by atoms with E-state index in [1.54, 1.807) is 0 Å². The average Bonchev–Trinajstić information content (AvgIpc) is 3.27. The van der Waals surface area contributed by atoms with E-state index >= 15 is 0 Å². The van der Waals surface area contributed by atoms with Gasteiger partial charge in [-0.3, -0.25) is 14.6 Å². The van der Waals surface area contributed by atoms with E-state index in [4.69, 9.17) is 0 Å². The lowest BCUT2D eigenvalue weighted by atomic mass is 9.96. The van der Waals surface area contributed by atoms with Gasteiger partial charge in [-0.2, -0.15) is 13.2 Å². The summed E-state index contributed by atoms with van der Waals surface area (Å²) in [6.45, 7) is 5.43. The van der Waals surface area contributed by atoms with Gasteiger partial charge in [0.05, 0.1) is 5.56 Å². The summed E-state index contributed by atoms with van der Waals surface area (Å²) in [6.07, 6.45) is -3.83. The Bertz CT molecular complexity index is 877. The molecule has 4 atom stereocenters. The van der Waals surface area contributed by atoms with Gasteiger partial charge in [0.15, 0.2) is 0 Å². The highest BCUT2D eigenvalue weighted by atomic mass is 19.4. The summed E-state index contributed by atoms with van der Waals surface area (Å²) < 4.78 is 52.6. The van der Waals surface area contributed by atoms with Crippen LogP contribution in [-0.2, 0) is 17.5 Å². The number of likely N-dealkylation sites (N-methyl/N-ethyl adjacent to an activating group) is 1. The van der Waals surface area contributed by atoms with E-state index in [1.807, 2.05) is 18.7 Å². The third-order valence-corrected chi connectivity index (χ3v) is 6.77. The number of halogens is 4. The van der Waals surface area contributed by atoms with Gasteiger partial charge >= 0.3 is 12.3 Å². The Morgan fingerprint density at radius 1 is 1.24 bits per heavy atom. The molecule has 3 unspecified atom stereocenters. The number of likely N-dealkylation sites (tertiary alicyclic amines) is 1. The van der Waals surface area contributed by atoms with Crippen molar-refractivity contribution in [3.8, 4) is 0 Å². The van der Waals surface area contributed by atoms with E-state index in [0.29, 0.717) is 31.0 Å². The Hall–Kier alpha value is -2.36. The second-order valence-electron chi connectivity index (χ2n) is 9.66. The van der Waals surface area contributed by atoms with Crippen LogP contribution in [0.2, 0.25) is 0 Å². The fourth-order valence-electron chi connectivity index (χ4n) is 5.11. The molecule has 0 spiro atoms. The van der Waals surface area contributed by atoms with Crippen molar-refractivity contribution in [2.45, 2.75) is 57.9 Å². The molecular formula is C23H31F4N3O3. The van der Waals surface area contributed by atoms with Gasteiger partial charge in [-0.15, -0.1) is 0 Å². The van der Waals surface area contributed by atoms with Crippen LogP contribution in [-0.4, -0.2) is 59.1 Å². The van der Waals surface area contributed by atoms with Crippen molar-refractivity contribution in [1.29, 1.82) is 0 Å². The highest BCUT2D eigenvalue weighted by Gasteiger charge is 2.44. The minimum atomic E-state index is -4.74. The number of carbonyl (C=O) groups excluding carboxylic acids is 1. The van der Waals surface area contributed by atoms with Gasteiger partial charge in [-0.1, -0.05) is 19.9 Å². The molecule has 1 saturated heterocycles. The Morgan fingerprint density at radius 3 is 2.55 bits per heavy atom. The maximum atomic E-state index is 13.6. The third-order valence-electron chi connectivity index (χ3n) is 6.77. The molecule has 1 saturated carbocycles. The lowest BCUT2D eigenvalue weighted by Crippen LogP contribution is -2.51. The van der Waals surface area contributed by atoms with Crippen LogP contribution < -0.4 is 5.32 Å². The summed E-state index contributed by atoms with van der Waals surface area (Å²) in [5.41, 5.74) is -0.868. The summed E-state index contributed by atoms with van der Waals surface area (Å²) in [7, 11) is 1.39. The van der Waals surface area contributed by atoms with Crippen LogP contribution in [0.3, 0.4) is 0 Å². The zero-order valence-electron chi connectivity index (χ0n) is 19.0. The standard InChI is InChI=1S/C23H31F4N3O3/c1-13(2)8-20(29(3)22(32)33)21(31)28-19-7-5-15-11-30(12-16(15)19)10-14-4-6-18(24)17(9-14)23(25,26)27/h4,6,9,13,15-16,19-20H,5,7-8,10-12H2,1-3H3,(H,28,31)(H,32,33)/t15-,16?,19?,20?/m0/s1. The molecule has 10 heteroatoms. The Morgan fingerprint density at radius 2 is 1.94 bits per heavy atom. The van der Waals surface area contributed by atoms with E-state index < -0.39 is 29.7 Å². The second-order valence-corrected chi connectivity index (χ2v) is 9.66. The van der Waals surface area contributed by atoms with Crippen molar-refractivity contribution in [3.05, 3.63) is 35.1 Å². The molecular weight excluding hydrogens is 442 g/mol. The number of benzene rings is 1. The topological polar surface area (TPSA) is 72.9 Å². The van der Waals surface area contributed by atoms with E-state index in [1.165, 1.54) is 13.1 Å². The average molecular weight is 474 g/mol. The highest BCUT2D eigenvalue weighted by molar-refractivity contribution is 5.85. The van der Waals surface area contributed by atoms with Gasteiger partial charge in [0.1, 0.15) is 11.9 Å². The lowest BCUT2D eigenvalue weighted by Gasteiger charge is -2.29. The van der Waals surface area contributed by atoms with Crippen molar-refractivity contribution in [1.82, 2.24) is 15.1 Å². The molecule has 2 N–H and O–H groups in total. The van der Waals surface area contributed by atoms with E-state index in [-0.39, 0.29) is 30.3 Å². The predicted octanol–water partition coefficient (Wildman–Crippen LogP) is 4.20. The Labute approximate surface area is 190 Å². The van der Waals surface area contributed by atoms with E-state index in [9.17, 15) is 32.3 Å². The Kier molecular flexibility index (Phi) is 7.55. The molecule has 0 bridgehead atoms. The number of rotatable bonds is 7. The first-order valence-electron chi connectivity index (χ1n) is 11.2.